The maximum absolute atomic E-state index is 9.05. The molecule has 0 amide bonds. The molecule has 0 aromatic heterocycles. The van der Waals surface area contributed by atoms with Crippen molar-refractivity contribution >= 4 is 28.8 Å². The van der Waals surface area contributed by atoms with Gasteiger partial charge in [-0.15, -0.1) is 0 Å². The summed E-state index contributed by atoms with van der Waals surface area (Å²) < 4.78 is 6.99. The smallest absolute Gasteiger partial charge is 0.143 e. The van der Waals surface area contributed by atoms with Gasteiger partial charge < -0.3 is 9.57 Å². The fourth-order valence-corrected chi connectivity index (χ4v) is 2.72. The summed E-state index contributed by atoms with van der Waals surface area (Å²) in [6.07, 6.45) is 1.64. The first kappa shape index (κ1) is 18.9. The van der Waals surface area contributed by atoms with Gasteiger partial charge in [0, 0.05) is 9.13 Å². The predicted octanol–water partition coefficient (Wildman–Crippen LogP) is 5.29. The molecule has 0 atom stereocenters. The normalized spacial score (nSPS) is 10.5. The Bertz CT molecular complexity index is 945. The molecule has 0 N–H and O–H groups in total. The molecule has 134 valence electrons. The molecule has 0 heterocycles. The summed E-state index contributed by atoms with van der Waals surface area (Å²) >= 11 is 2.28. The first-order valence-corrected chi connectivity index (χ1v) is 9.43. The van der Waals surface area contributed by atoms with Gasteiger partial charge in [0.05, 0.1) is 17.8 Å². The fourth-order valence-electron chi connectivity index (χ4n) is 2.36. The Hall–Kier alpha value is -2.85. The van der Waals surface area contributed by atoms with Crippen molar-refractivity contribution in [3.05, 3.63) is 98.6 Å². The number of halogens is 1. The molecule has 3 aromatic rings. The van der Waals surface area contributed by atoms with E-state index in [-0.39, 0.29) is 6.61 Å². The highest BCUT2D eigenvalue weighted by Crippen LogP contribution is 2.15. The van der Waals surface area contributed by atoms with Crippen molar-refractivity contribution in [1.29, 1.82) is 5.26 Å². The summed E-state index contributed by atoms with van der Waals surface area (Å²) in [4.78, 5) is 5.30. The molecule has 0 aliphatic rings. The van der Waals surface area contributed by atoms with Crippen LogP contribution >= 0.6 is 22.6 Å². The Morgan fingerprint density at radius 2 is 1.67 bits per heavy atom. The van der Waals surface area contributed by atoms with Crippen molar-refractivity contribution in [3.63, 3.8) is 0 Å². The first-order chi connectivity index (χ1) is 13.2. The number of hydrogen-bond acceptors (Lipinski definition) is 4. The molecule has 4 nitrogen and oxygen atoms in total. The lowest BCUT2D eigenvalue weighted by atomic mass is 10.1. The SMILES string of the molecule is N#Cc1ccccc1CO/N=C\c1ccc(OCc2ccc(I)cc2)cc1. The number of nitrogens with zero attached hydrogens (tertiary/aromatic N) is 2. The quantitative estimate of drug-likeness (QED) is 0.269. The number of oxime groups is 1. The molecule has 3 aromatic carbocycles. The lowest BCUT2D eigenvalue weighted by Gasteiger charge is -2.06. The first-order valence-electron chi connectivity index (χ1n) is 8.35. The van der Waals surface area contributed by atoms with Gasteiger partial charge in [-0.1, -0.05) is 35.5 Å². The highest BCUT2D eigenvalue weighted by molar-refractivity contribution is 14.1. The Balaban J connectivity index is 1.49. The van der Waals surface area contributed by atoms with Gasteiger partial charge in [-0.25, -0.2) is 0 Å². The van der Waals surface area contributed by atoms with Gasteiger partial charge in [-0.05, 0) is 76.2 Å². The summed E-state index contributed by atoms with van der Waals surface area (Å²) in [6.45, 7) is 0.795. The molecule has 0 unspecified atom stereocenters. The number of hydrogen-bond donors (Lipinski definition) is 0. The van der Waals surface area contributed by atoms with E-state index in [1.54, 1.807) is 12.3 Å². The summed E-state index contributed by atoms with van der Waals surface area (Å²) in [5.74, 6) is 0.801. The van der Waals surface area contributed by atoms with E-state index < -0.39 is 0 Å². The second-order valence-corrected chi connectivity index (χ2v) is 7.01. The Morgan fingerprint density at radius 3 is 2.41 bits per heavy atom. The Labute approximate surface area is 172 Å². The van der Waals surface area contributed by atoms with E-state index in [9.17, 15) is 0 Å². The number of nitriles is 1. The van der Waals surface area contributed by atoms with Crippen LogP contribution in [0, 0.1) is 14.9 Å². The van der Waals surface area contributed by atoms with Crippen molar-refractivity contribution in [2.45, 2.75) is 13.2 Å². The molecule has 0 aliphatic carbocycles. The van der Waals surface area contributed by atoms with E-state index in [0.717, 1.165) is 22.4 Å². The average molecular weight is 468 g/mol. The molecule has 0 fully saturated rings. The molecule has 3 rings (SSSR count). The van der Waals surface area contributed by atoms with E-state index in [4.69, 9.17) is 14.8 Å². The predicted molar refractivity (Wildman–Crippen MR) is 113 cm³/mol. The Kier molecular flexibility index (Phi) is 6.83. The van der Waals surface area contributed by atoms with Crippen LogP contribution in [-0.4, -0.2) is 6.21 Å². The molecule has 0 aliphatic heterocycles. The molecular weight excluding hydrogens is 451 g/mol. The molecule has 5 heteroatoms. The average Bonchev–Trinajstić information content (AvgIpc) is 2.72. The molecular formula is C22H17IN2O2. The van der Waals surface area contributed by atoms with Crippen LogP contribution in [-0.2, 0) is 18.1 Å². The molecule has 0 saturated heterocycles. The van der Waals surface area contributed by atoms with Gasteiger partial charge in [-0.3, -0.25) is 0 Å². The zero-order chi connectivity index (χ0) is 18.9. The van der Waals surface area contributed by atoms with Gasteiger partial charge in [-0.2, -0.15) is 5.26 Å². The summed E-state index contributed by atoms with van der Waals surface area (Å²) in [5.41, 5.74) is 3.45. The van der Waals surface area contributed by atoms with Gasteiger partial charge >= 0.3 is 0 Å². The van der Waals surface area contributed by atoms with Crippen molar-refractivity contribution in [2.75, 3.05) is 0 Å². The second kappa shape index (κ2) is 9.74. The zero-order valence-electron chi connectivity index (χ0n) is 14.5. The molecule has 27 heavy (non-hydrogen) atoms. The Morgan fingerprint density at radius 1 is 0.926 bits per heavy atom. The second-order valence-electron chi connectivity index (χ2n) is 5.76. The lowest BCUT2D eigenvalue weighted by molar-refractivity contribution is 0.132. The third-order valence-corrected chi connectivity index (χ3v) is 4.55. The van der Waals surface area contributed by atoms with Crippen LogP contribution < -0.4 is 4.74 Å². The molecule has 0 bridgehead atoms. The fraction of sp³-hybridized carbons (Fsp3) is 0.0909. The monoisotopic (exact) mass is 468 g/mol. The largest absolute Gasteiger partial charge is 0.489 e. The minimum absolute atomic E-state index is 0.261. The van der Waals surface area contributed by atoms with Crippen LogP contribution in [0.4, 0.5) is 0 Å². The van der Waals surface area contributed by atoms with Gasteiger partial charge in [0.2, 0.25) is 0 Å². The van der Waals surface area contributed by atoms with Gasteiger partial charge in [0.1, 0.15) is 19.0 Å². The van der Waals surface area contributed by atoms with Crippen LogP contribution in [0.3, 0.4) is 0 Å². The van der Waals surface area contributed by atoms with Crippen LogP contribution in [0.5, 0.6) is 5.75 Å². The standard InChI is InChI=1S/C22H17IN2O2/c23-21-9-5-18(6-10-21)15-26-22-11-7-17(8-12-22)14-25-27-16-20-4-2-1-3-19(20)13-24/h1-12,14H,15-16H2/b25-14-. The van der Waals surface area contributed by atoms with E-state index in [0.29, 0.717) is 12.2 Å². The van der Waals surface area contributed by atoms with E-state index in [1.165, 1.54) is 3.57 Å². The number of benzene rings is 3. The van der Waals surface area contributed by atoms with E-state index >= 15 is 0 Å². The highest BCUT2D eigenvalue weighted by atomic mass is 127. The zero-order valence-corrected chi connectivity index (χ0v) is 16.7. The molecule has 0 saturated carbocycles. The lowest BCUT2D eigenvalue weighted by Crippen LogP contribution is -1.95. The van der Waals surface area contributed by atoms with Crippen molar-refractivity contribution < 1.29 is 9.57 Å². The molecule has 0 radical (unpaired) electrons. The topological polar surface area (TPSA) is 54.6 Å². The number of ether oxygens (including phenoxy) is 1. The van der Waals surface area contributed by atoms with Crippen LogP contribution in [0.15, 0.2) is 78.0 Å². The van der Waals surface area contributed by atoms with Crippen LogP contribution in [0.1, 0.15) is 22.3 Å². The van der Waals surface area contributed by atoms with E-state index in [1.807, 2.05) is 42.5 Å². The summed E-state index contributed by atoms with van der Waals surface area (Å²) in [6, 6.07) is 25.3. The number of rotatable bonds is 7. The summed E-state index contributed by atoms with van der Waals surface area (Å²) in [7, 11) is 0. The third-order valence-electron chi connectivity index (χ3n) is 3.83. The van der Waals surface area contributed by atoms with E-state index in [2.05, 4.69) is 58.1 Å². The van der Waals surface area contributed by atoms with Gasteiger partial charge in [0.15, 0.2) is 0 Å². The minimum atomic E-state index is 0.261. The molecule has 0 spiro atoms. The minimum Gasteiger partial charge on any atom is -0.489 e. The van der Waals surface area contributed by atoms with Crippen LogP contribution in [0.2, 0.25) is 0 Å². The van der Waals surface area contributed by atoms with Crippen LogP contribution in [0.25, 0.3) is 0 Å². The maximum atomic E-state index is 9.05. The third kappa shape index (κ3) is 5.83. The highest BCUT2D eigenvalue weighted by Gasteiger charge is 2.00. The van der Waals surface area contributed by atoms with Crippen molar-refractivity contribution in [1.82, 2.24) is 0 Å². The van der Waals surface area contributed by atoms with Crippen molar-refractivity contribution in [2.24, 2.45) is 5.16 Å². The summed E-state index contributed by atoms with van der Waals surface area (Å²) in [5, 5.41) is 13.0. The van der Waals surface area contributed by atoms with Crippen molar-refractivity contribution in [3.8, 4) is 11.8 Å². The maximum Gasteiger partial charge on any atom is 0.143 e. The van der Waals surface area contributed by atoms with Gasteiger partial charge in [0.25, 0.3) is 0 Å².